The van der Waals surface area contributed by atoms with Gasteiger partial charge in [0.2, 0.25) is 0 Å². The van der Waals surface area contributed by atoms with E-state index in [9.17, 15) is 14.9 Å². The van der Waals surface area contributed by atoms with Gasteiger partial charge in [-0.15, -0.1) is 0 Å². The number of amides is 2. The lowest BCUT2D eigenvalue weighted by Gasteiger charge is -2.17. The molecule has 0 saturated carbocycles. The molecule has 3 heterocycles. The van der Waals surface area contributed by atoms with Crippen LogP contribution in [0.15, 0.2) is 133 Å². The zero-order chi connectivity index (χ0) is 30.2. The van der Waals surface area contributed by atoms with Crippen molar-refractivity contribution < 1.29 is 9.59 Å². The van der Waals surface area contributed by atoms with E-state index in [0.29, 0.717) is 28.1 Å². The average molecular weight is 579 g/mol. The van der Waals surface area contributed by atoms with Crippen molar-refractivity contribution in [1.82, 2.24) is 9.13 Å². The Morgan fingerprint density at radius 3 is 1.56 bits per heavy atom. The molecule has 6 nitrogen and oxygen atoms in total. The van der Waals surface area contributed by atoms with Gasteiger partial charge in [-0.3, -0.25) is 9.59 Å². The van der Waals surface area contributed by atoms with E-state index in [2.05, 4.69) is 75.9 Å². The van der Waals surface area contributed by atoms with Crippen molar-refractivity contribution in [3.63, 3.8) is 0 Å². The van der Waals surface area contributed by atoms with E-state index in [0.717, 1.165) is 49.3 Å². The van der Waals surface area contributed by atoms with Crippen molar-refractivity contribution >= 4 is 61.1 Å². The lowest BCUT2D eigenvalue weighted by Crippen LogP contribution is -2.29. The molecule has 1 aliphatic rings. The number of imide groups is 1. The molecule has 2 amide bonds. The zero-order valence-corrected chi connectivity index (χ0v) is 23.8. The molecule has 0 radical (unpaired) electrons. The summed E-state index contributed by atoms with van der Waals surface area (Å²) in [4.78, 5) is 28.1. The Morgan fingerprint density at radius 1 is 0.444 bits per heavy atom. The Bertz CT molecular complexity index is 2570. The Balaban J connectivity index is 1.36. The highest BCUT2D eigenvalue weighted by Gasteiger charge is 2.36. The molecule has 0 atom stereocenters. The van der Waals surface area contributed by atoms with E-state index < -0.39 is 11.8 Å². The number of hydrogen-bond acceptors (Lipinski definition) is 3. The van der Waals surface area contributed by atoms with Crippen molar-refractivity contribution in [2.24, 2.45) is 0 Å². The molecule has 0 N–H and O–H groups in total. The van der Waals surface area contributed by atoms with Crippen LogP contribution in [0.1, 0.15) is 26.3 Å². The molecule has 9 rings (SSSR count). The molecular formula is C39H22N4O2. The summed E-state index contributed by atoms with van der Waals surface area (Å²) in [7, 11) is 0. The fourth-order valence-electron chi connectivity index (χ4n) is 6.91. The second-order valence-corrected chi connectivity index (χ2v) is 11.3. The van der Waals surface area contributed by atoms with Gasteiger partial charge in [-0.2, -0.15) is 5.26 Å². The fourth-order valence-corrected chi connectivity index (χ4v) is 6.91. The van der Waals surface area contributed by atoms with Crippen molar-refractivity contribution in [3.05, 3.63) is 150 Å². The van der Waals surface area contributed by atoms with Gasteiger partial charge in [0.25, 0.3) is 11.8 Å². The van der Waals surface area contributed by atoms with Crippen LogP contribution in [0.25, 0.3) is 55.0 Å². The molecule has 0 saturated heterocycles. The van der Waals surface area contributed by atoms with E-state index in [1.54, 1.807) is 30.3 Å². The molecular weight excluding hydrogens is 556 g/mol. The summed E-state index contributed by atoms with van der Waals surface area (Å²) in [6.45, 7) is 0. The van der Waals surface area contributed by atoms with Crippen molar-refractivity contribution in [2.75, 3.05) is 4.90 Å². The first kappa shape index (κ1) is 25.1. The molecule has 0 bridgehead atoms. The van der Waals surface area contributed by atoms with Gasteiger partial charge in [0.05, 0.1) is 50.5 Å². The number of para-hydroxylation sites is 3. The number of carbonyl (C=O) groups excluding carboxylic acids is 2. The summed E-state index contributed by atoms with van der Waals surface area (Å²) in [5.74, 6) is -0.791. The number of aromatic nitrogens is 2. The average Bonchev–Trinajstić information content (AvgIpc) is 3.68. The highest BCUT2D eigenvalue weighted by atomic mass is 16.2. The predicted molar refractivity (Wildman–Crippen MR) is 177 cm³/mol. The van der Waals surface area contributed by atoms with Crippen LogP contribution in [0.4, 0.5) is 5.69 Å². The van der Waals surface area contributed by atoms with Gasteiger partial charge in [0.15, 0.2) is 0 Å². The van der Waals surface area contributed by atoms with Gasteiger partial charge in [0.1, 0.15) is 0 Å². The van der Waals surface area contributed by atoms with E-state index in [1.165, 1.54) is 4.90 Å². The van der Waals surface area contributed by atoms with Gasteiger partial charge < -0.3 is 9.13 Å². The second-order valence-electron chi connectivity index (χ2n) is 11.3. The minimum absolute atomic E-state index is 0.351. The second kappa shape index (κ2) is 9.27. The SMILES string of the molecule is N#Cc1cc(N2C(=O)c3ccccc3C2=O)cc(-n2c3ccccc3c3cc4c5ccccc5n(-c5ccccc5)c4cc32)c1. The molecule has 6 heteroatoms. The highest BCUT2D eigenvalue weighted by Crippen LogP contribution is 2.40. The first-order chi connectivity index (χ1) is 22.1. The van der Waals surface area contributed by atoms with Gasteiger partial charge in [-0.05, 0) is 66.7 Å². The molecule has 6 aromatic carbocycles. The van der Waals surface area contributed by atoms with Crippen LogP contribution >= 0.6 is 0 Å². The van der Waals surface area contributed by atoms with E-state index in [-0.39, 0.29) is 0 Å². The van der Waals surface area contributed by atoms with E-state index in [1.807, 2.05) is 42.5 Å². The van der Waals surface area contributed by atoms with Crippen LogP contribution in [0.5, 0.6) is 0 Å². The smallest absolute Gasteiger partial charge is 0.266 e. The molecule has 0 unspecified atom stereocenters. The van der Waals surface area contributed by atoms with Gasteiger partial charge in [-0.1, -0.05) is 66.7 Å². The summed E-state index contributed by atoms with van der Waals surface area (Å²) in [6.07, 6.45) is 0. The molecule has 210 valence electrons. The Morgan fingerprint density at radius 2 is 0.956 bits per heavy atom. The lowest BCUT2D eigenvalue weighted by molar-refractivity contribution is 0.0926. The topological polar surface area (TPSA) is 71.0 Å². The van der Waals surface area contributed by atoms with Gasteiger partial charge in [-0.25, -0.2) is 4.90 Å². The molecule has 45 heavy (non-hydrogen) atoms. The maximum absolute atomic E-state index is 13.4. The summed E-state index contributed by atoms with van der Waals surface area (Å²) in [6, 6.07) is 45.7. The number of nitrogens with zero attached hydrogens (tertiary/aromatic N) is 4. The molecule has 2 aromatic heterocycles. The Labute approximate surface area is 257 Å². The van der Waals surface area contributed by atoms with Crippen LogP contribution in [-0.4, -0.2) is 20.9 Å². The largest absolute Gasteiger partial charge is 0.309 e. The summed E-state index contributed by atoms with van der Waals surface area (Å²) in [5, 5.41) is 14.5. The number of nitriles is 1. The quantitative estimate of drug-likeness (QED) is 0.197. The molecule has 0 spiro atoms. The summed E-state index contributed by atoms with van der Waals surface area (Å²) < 4.78 is 4.40. The van der Waals surface area contributed by atoms with Crippen LogP contribution in [0.2, 0.25) is 0 Å². The monoisotopic (exact) mass is 578 g/mol. The number of carbonyl (C=O) groups is 2. The molecule has 0 fully saturated rings. The summed E-state index contributed by atoms with van der Waals surface area (Å²) >= 11 is 0. The minimum atomic E-state index is -0.395. The first-order valence-corrected chi connectivity index (χ1v) is 14.7. The number of anilines is 1. The maximum atomic E-state index is 13.4. The zero-order valence-electron chi connectivity index (χ0n) is 23.8. The van der Waals surface area contributed by atoms with Crippen LogP contribution in [0.3, 0.4) is 0 Å². The standard InChI is InChI=1S/C39H22N4O2/c40-23-24-18-26(20-27(19-24)43-38(44)30-14-4-5-15-31(30)39(43)45)42-35-17-9-7-13-29(35)33-21-32-28-12-6-8-16-34(28)41(36(32)22-37(33)42)25-10-2-1-3-11-25/h1-22H. The van der Waals surface area contributed by atoms with E-state index >= 15 is 0 Å². The maximum Gasteiger partial charge on any atom is 0.266 e. The van der Waals surface area contributed by atoms with Crippen molar-refractivity contribution in [3.8, 4) is 17.4 Å². The molecule has 8 aromatic rings. The minimum Gasteiger partial charge on any atom is -0.309 e. The highest BCUT2D eigenvalue weighted by molar-refractivity contribution is 6.34. The fraction of sp³-hybridized carbons (Fsp3) is 0. The third kappa shape index (κ3) is 3.49. The van der Waals surface area contributed by atoms with Gasteiger partial charge >= 0.3 is 0 Å². The molecule has 1 aliphatic heterocycles. The number of fused-ring (bicyclic) bond motifs is 7. The first-order valence-electron chi connectivity index (χ1n) is 14.7. The number of rotatable bonds is 3. The normalized spacial score (nSPS) is 12.9. The van der Waals surface area contributed by atoms with E-state index in [4.69, 9.17) is 0 Å². The van der Waals surface area contributed by atoms with Crippen molar-refractivity contribution in [2.45, 2.75) is 0 Å². The lowest BCUT2D eigenvalue weighted by atomic mass is 10.1. The van der Waals surface area contributed by atoms with Gasteiger partial charge in [0, 0.05) is 32.9 Å². The molecule has 0 aliphatic carbocycles. The summed E-state index contributed by atoms with van der Waals surface area (Å²) in [5.41, 5.74) is 7.26. The van der Waals surface area contributed by atoms with Crippen molar-refractivity contribution in [1.29, 1.82) is 5.26 Å². The third-order valence-corrected chi connectivity index (χ3v) is 8.82. The van der Waals surface area contributed by atoms with Crippen LogP contribution in [0, 0.1) is 11.3 Å². The number of hydrogen-bond donors (Lipinski definition) is 0. The number of benzene rings is 6. The Kier molecular flexibility index (Phi) is 5.17. The van der Waals surface area contributed by atoms with Crippen LogP contribution in [-0.2, 0) is 0 Å². The Hall–Kier alpha value is -6.45. The third-order valence-electron chi connectivity index (χ3n) is 8.82. The van der Waals surface area contributed by atoms with Crippen LogP contribution < -0.4 is 4.90 Å². The predicted octanol–water partition coefficient (Wildman–Crippen LogP) is 8.55.